The van der Waals surface area contributed by atoms with Crippen LogP contribution in [-0.4, -0.2) is 43.9 Å². The highest BCUT2D eigenvalue weighted by Gasteiger charge is 2.13. The monoisotopic (exact) mass is 348 g/mol. The molecule has 1 fully saturated rings. The van der Waals surface area contributed by atoms with Crippen LogP contribution in [0.4, 0.5) is 10.6 Å². The number of rotatable bonds is 9. The van der Waals surface area contributed by atoms with Gasteiger partial charge < -0.3 is 20.3 Å². The average molecular weight is 348 g/mol. The molecule has 2 heterocycles. The summed E-state index contributed by atoms with van der Waals surface area (Å²) in [6.07, 6.45) is 6.52. The molecule has 0 radical (unpaired) electrons. The normalized spacial score (nSPS) is 15.7. The van der Waals surface area contributed by atoms with Crippen LogP contribution in [0.15, 0.2) is 18.3 Å². The van der Waals surface area contributed by atoms with Crippen LogP contribution < -0.4 is 15.5 Å². The first-order valence-corrected chi connectivity index (χ1v) is 9.52. The van der Waals surface area contributed by atoms with E-state index in [0.29, 0.717) is 12.5 Å². The number of nitrogens with one attached hydrogen (secondary N) is 2. The van der Waals surface area contributed by atoms with Crippen LogP contribution in [0.1, 0.15) is 45.1 Å². The van der Waals surface area contributed by atoms with Crippen molar-refractivity contribution in [1.82, 2.24) is 15.6 Å². The summed E-state index contributed by atoms with van der Waals surface area (Å²) in [5, 5.41) is 5.94. The minimum atomic E-state index is -0.0975. The maximum absolute atomic E-state index is 12.0. The van der Waals surface area contributed by atoms with Crippen LogP contribution in [-0.2, 0) is 11.3 Å². The van der Waals surface area contributed by atoms with Crippen molar-refractivity contribution in [1.29, 1.82) is 0 Å². The minimum absolute atomic E-state index is 0.0975. The van der Waals surface area contributed by atoms with Gasteiger partial charge in [-0.1, -0.05) is 33.1 Å². The van der Waals surface area contributed by atoms with E-state index in [1.807, 2.05) is 12.1 Å². The molecule has 1 saturated heterocycles. The number of pyridine rings is 1. The molecule has 2 N–H and O–H groups in total. The second kappa shape index (κ2) is 10.9. The molecule has 0 saturated carbocycles. The maximum Gasteiger partial charge on any atom is 0.315 e. The topological polar surface area (TPSA) is 66.5 Å². The molecule has 2 amide bonds. The number of urea groups is 1. The Kier molecular flexibility index (Phi) is 8.52. The third kappa shape index (κ3) is 6.90. The molecule has 2 rings (SSSR count). The molecule has 1 aromatic heterocycles. The Bertz CT molecular complexity index is 518. The Morgan fingerprint density at radius 1 is 1.32 bits per heavy atom. The molecule has 0 aliphatic carbocycles. The molecule has 0 aromatic carbocycles. The fraction of sp³-hybridized carbons (Fsp3) is 0.684. The number of amides is 2. The first-order valence-electron chi connectivity index (χ1n) is 9.52. The molecule has 6 heteroatoms. The van der Waals surface area contributed by atoms with Gasteiger partial charge in [-0.05, 0) is 30.0 Å². The molecule has 1 aromatic rings. The van der Waals surface area contributed by atoms with Crippen molar-refractivity contribution in [2.75, 3.05) is 37.7 Å². The number of aromatic nitrogens is 1. The number of unbranched alkanes of at least 4 members (excludes halogenated alkanes) is 1. The number of ether oxygens (including phenoxy) is 1. The number of carbonyl (C=O) groups is 1. The molecule has 0 unspecified atom stereocenters. The highest BCUT2D eigenvalue weighted by atomic mass is 16.5. The standard InChI is InChI=1S/C19H32N4O2/c1-3-5-6-16(4-2)14-21-19(24)22-15-17-7-8-20-18(13-17)23-9-11-25-12-10-23/h7-8,13,16H,3-6,9-12,14-15H2,1-2H3,(H2,21,22,24)/t16-/m1/s1. The summed E-state index contributed by atoms with van der Waals surface area (Å²) in [5.74, 6) is 1.52. The highest BCUT2D eigenvalue weighted by molar-refractivity contribution is 5.73. The van der Waals surface area contributed by atoms with E-state index < -0.39 is 0 Å². The predicted octanol–water partition coefficient (Wildman–Crippen LogP) is 2.93. The van der Waals surface area contributed by atoms with E-state index in [2.05, 4.69) is 34.4 Å². The highest BCUT2D eigenvalue weighted by Crippen LogP contribution is 2.14. The molecule has 1 atom stereocenters. The smallest absolute Gasteiger partial charge is 0.315 e. The Labute approximate surface area is 151 Å². The third-order valence-electron chi connectivity index (χ3n) is 4.69. The van der Waals surface area contributed by atoms with Crippen molar-refractivity contribution in [3.8, 4) is 0 Å². The second-order valence-electron chi connectivity index (χ2n) is 6.60. The first kappa shape index (κ1) is 19.5. The van der Waals surface area contributed by atoms with Crippen molar-refractivity contribution in [2.45, 2.75) is 46.1 Å². The van der Waals surface area contributed by atoms with Gasteiger partial charge in [-0.2, -0.15) is 0 Å². The summed E-state index contributed by atoms with van der Waals surface area (Å²) in [6, 6.07) is 3.89. The number of carbonyl (C=O) groups excluding carboxylic acids is 1. The summed E-state index contributed by atoms with van der Waals surface area (Å²) < 4.78 is 5.38. The number of hydrogen-bond acceptors (Lipinski definition) is 4. The van der Waals surface area contributed by atoms with Gasteiger partial charge in [0.1, 0.15) is 5.82 Å². The van der Waals surface area contributed by atoms with Gasteiger partial charge in [-0.25, -0.2) is 9.78 Å². The van der Waals surface area contributed by atoms with Gasteiger partial charge in [0.2, 0.25) is 0 Å². The Hall–Kier alpha value is -1.82. The van der Waals surface area contributed by atoms with Crippen LogP contribution in [0.2, 0.25) is 0 Å². The van der Waals surface area contributed by atoms with E-state index >= 15 is 0 Å². The molecule has 1 aliphatic rings. The van der Waals surface area contributed by atoms with Gasteiger partial charge in [0.25, 0.3) is 0 Å². The number of anilines is 1. The van der Waals surface area contributed by atoms with Crippen LogP contribution in [0.3, 0.4) is 0 Å². The van der Waals surface area contributed by atoms with Gasteiger partial charge in [-0.3, -0.25) is 0 Å². The minimum Gasteiger partial charge on any atom is -0.378 e. The molecule has 140 valence electrons. The van der Waals surface area contributed by atoms with Gasteiger partial charge in [0, 0.05) is 32.4 Å². The molecular formula is C19H32N4O2. The summed E-state index contributed by atoms with van der Waals surface area (Å²) in [4.78, 5) is 18.7. The second-order valence-corrected chi connectivity index (χ2v) is 6.60. The molecule has 25 heavy (non-hydrogen) atoms. The van der Waals surface area contributed by atoms with Gasteiger partial charge >= 0.3 is 6.03 Å². The zero-order valence-corrected chi connectivity index (χ0v) is 15.6. The van der Waals surface area contributed by atoms with Gasteiger partial charge in [0.15, 0.2) is 0 Å². The molecule has 0 spiro atoms. The Morgan fingerprint density at radius 2 is 2.12 bits per heavy atom. The van der Waals surface area contributed by atoms with Crippen molar-refractivity contribution in [3.63, 3.8) is 0 Å². The summed E-state index contributed by atoms with van der Waals surface area (Å²) in [6.45, 7) is 8.85. The van der Waals surface area contributed by atoms with E-state index in [4.69, 9.17) is 4.74 Å². The first-order chi connectivity index (χ1) is 12.2. The summed E-state index contributed by atoms with van der Waals surface area (Å²) in [7, 11) is 0. The molecule has 1 aliphatic heterocycles. The summed E-state index contributed by atoms with van der Waals surface area (Å²) >= 11 is 0. The predicted molar refractivity (Wildman–Crippen MR) is 101 cm³/mol. The van der Waals surface area contributed by atoms with Crippen LogP contribution >= 0.6 is 0 Å². The van der Waals surface area contributed by atoms with Crippen LogP contribution in [0.5, 0.6) is 0 Å². The van der Waals surface area contributed by atoms with Crippen LogP contribution in [0.25, 0.3) is 0 Å². The third-order valence-corrected chi connectivity index (χ3v) is 4.69. The van der Waals surface area contributed by atoms with Crippen molar-refractivity contribution >= 4 is 11.8 Å². The van der Waals surface area contributed by atoms with Crippen molar-refractivity contribution < 1.29 is 9.53 Å². The fourth-order valence-electron chi connectivity index (χ4n) is 2.96. The maximum atomic E-state index is 12.0. The lowest BCUT2D eigenvalue weighted by molar-refractivity contribution is 0.122. The fourth-order valence-corrected chi connectivity index (χ4v) is 2.96. The van der Waals surface area contributed by atoms with Gasteiger partial charge in [0.05, 0.1) is 13.2 Å². The SMILES string of the molecule is CCCC[C@@H](CC)CNC(=O)NCc1ccnc(N2CCOCC2)c1. The quantitative estimate of drug-likeness (QED) is 0.720. The average Bonchev–Trinajstić information content (AvgIpc) is 2.67. The van der Waals surface area contributed by atoms with Crippen LogP contribution in [0, 0.1) is 5.92 Å². The molecule has 0 bridgehead atoms. The summed E-state index contributed by atoms with van der Waals surface area (Å²) in [5.41, 5.74) is 1.06. The largest absolute Gasteiger partial charge is 0.378 e. The van der Waals surface area contributed by atoms with Gasteiger partial charge in [-0.15, -0.1) is 0 Å². The van der Waals surface area contributed by atoms with E-state index in [1.165, 1.54) is 19.3 Å². The number of nitrogens with zero attached hydrogens (tertiary/aromatic N) is 2. The zero-order valence-electron chi connectivity index (χ0n) is 15.6. The van der Waals surface area contributed by atoms with E-state index in [-0.39, 0.29) is 6.03 Å². The van der Waals surface area contributed by atoms with Crippen molar-refractivity contribution in [2.24, 2.45) is 5.92 Å². The van der Waals surface area contributed by atoms with Crippen molar-refractivity contribution in [3.05, 3.63) is 23.9 Å². The number of morpholine rings is 1. The van der Waals surface area contributed by atoms with E-state index in [1.54, 1.807) is 6.20 Å². The Morgan fingerprint density at radius 3 is 2.84 bits per heavy atom. The lowest BCUT2D eigenvalue weighted by atomic mass is 9.99. The van der Waals surface area contributed by atoms with E-state index in [9.17, 15) is 4.79 Å². The lowest BCUT2D eigenvalue weighted by Crippen LogP contribution is -2.38. The molecule has 6 nitrogen and oxygen atoms in total. The van der Waals surface area contributed by atoms with E-state index in [0.717, 1.165) is 50.7 Å². The lowest BCUT2D eigenvalue weighted by Gasteiger charge is -2.28. The Balaban J connectivity index is 1.75. The number of hydrogen-bond donors (Lipinski definition) is 2. The zero-order chi connectivity index (χ0) is 17.9. The molecular weight excluding hydrogens is 316 g/mol.